The van der Waals surface area contributed by atoms with Crippen LogP contribution in [0.15, 0.2) is 60.8 Å². The Hall–Kier alpha value is -2.79. The number of pyridine rings is 1. The number of carbonyl (C=O) groups excluding carboxylic acids is 1. The van der Waals surface area contributed by atoms with Gasteiger partial charge < -0.3 is 9.64 Å². The minimum Gasteiger partial charge on any atom is -0.379 e. The van der Waals surface area contributed by atoms with E-state index >= 15 is 0 Å². The number of benzene rings is 2. The maximum atomic E-state index is 14.0. The average molecular weight is 433 g/mol. The number of nitrogens with zero attached hydrogens (tertiary/aromatic N) is 2. The van der Waals surface area contributed by atoms with Crippen LogP contribution in [0.25, 0.3) is 10.9 Å². The van der Waals surface area contributed by atoms with Crippen molar-refractivity contribution in [2.75, 3.05) is 26.3 Å². The monoisotopic (exact) mass is 432 g/mol. The van der Waals surface area contributed by atoms with E-state index < -0.39 is 5.41 Å². The molecule has 1 aliphatic heterocycles. The zero-order valence-corrected chi connectivity index (χ0v) is 18.3. The zero-order valence-electron chi connectivity index (χ0n) is 18.3. The van der Waals surface area contributed by atoms with Crippen LogP contribution in [0, 0.1) is 11.7 Å². The Bertz CT molecular complexity index is 1100. The van der Waals surface area contributed by atoms with Gasteiger partial charge in [0, 0.05) is 30.6 Å². The quantitative estimate of drug-likeness (QED) is 0.589. The van der Waals surface area contributed by atoms with Gasteiger partial charge in [0.1, 0.15) is 5.82 Å². The van der Waals surface area contributed by atoms with Crippen LogP contribution >= 0.6 is 0 Å². The second-order valence-corrected chi connectivity index (χ2v) is 9.19. The van der Waals surface area contributed by atoms with E-state index in [9.17, 15) is 9.18 Å². The highest BCUT2D eigenvalue weighted by Crippen LogP contribution is 2.43. The number of hydrogen-bond donors (Lipinski definition) is 0. The van der Waals surface area contributed by atoms with Gasteiger partial charge in [0.05, 0.1) is 24.1 Å². The van der Waals surface area contributed by atoms with Gasteiger partial charge in [-0.3, -0.25) is 9.78 Å². The molecule has 1 atom stereocenters. The Labute approximate surface area is 188 Å². The molecular formula is C27H29FN2O2. The van der Waals surface area contributed by atoms with E-state index in [1.165, 1.54) is 11.6 Å². The van der Waals surface area contributed by atoms with Crippen LogP contribution in [0.2, 0.25) is 0 Å². The summed E-state index contributed by atoms with van der Waals surface area (Å²) in [7, 11) is 0. The van der Waals surface area contributed by atoms with Crippen molar-refractivity contribution in [1.82, 2.24) is 9.88 Å². The van der Waals surface area contributed by atoms with Gasteiger partial charge in [-0.25, -0.2) is 4.39 Å². The number of fused-ring (bicyclic) bond motifs is 1. The molecule has 32 heavy (non-hydrogen) atoms. The topological polar surface area (TPSA) is 42.4 Å². The summed E-state index contributed by atoms with van der Waals surface area (Å²) < 4.78 is 20.0. The number of carbonyl (C=O) groups is 1. The fraction of sp³-hybridized carbons (Fsp3) is 0.407. The van der Waals surface area contributed by atoms with E-state index in [1.807, 2.05) is 23.2 Å². The molecule has 3 aromatic rings. The standard InChI is InChI=1S/C27H29FN2O2/c28-24-10-4-9-23(17-24)27(11-1-2-12-27)26(31)30-14-15-32-19-20(18-30)16-22-7-3-6-21-8-5-13-29-25(21)22/h3-10,13,17,20H,1-2,11-12,14-16,18-19H2/t20-/m0/s1. The smallest absolute Gasteiger partial charge is 0.233 e. The van der Waals surface area contributed by atoms with Crippen molar-refractivity contribution in [3.63, 3.8) is 0 Å². The van der Waals surface area contributed by atoms with Crippen molar-refractivity contribution in [3.8, 4) is 0 Å². The lowest BCUT2D eigenvalue weighted by atomic mass is 9.77. The number of amides is 1. The van der Waals surface area contributed by atoms with E-state index in [-0.39, 0.29) is 17.6 Å². The normalized spacial score (nSPS) is 20.9. The molecule has 5 rings (SSSR count). The molecule has 166 valence electrons. The fourth-order valence-electron chi connectivity index (χ4n) is 5.52. The maximum absolute atomic E-state index is 14.0. The Morgan fingerprint density at radius 1 is 1.12 bits per heavy atom. The summed E-state index contributed by atoms with van der Waals surface area (Å²) in [6.45, 7) is 2.40. The molecule has 1 amide bonds. The third-order valence-corrected chi connectivity index (χ3v) is 7.09. The molecular weight excluding hydrogens is 403 g/mol. The summed E-state index contributed by atoms with van der Waals surface area (Å²) in [5, 5.41) is 1.13. The first-order valence-electron chi connectivity index (χ1n) is 11.6. The van der Waals surface area contributed by atoms with Crippen LogP contribution in [0.4, 0.5) is 4.39 Å². The Morgan fingerprint density at radius 2 is 1.94 bits per heavy atom. The largest absolute Gasteiger partial charge is 0.379 e. The molecule has 1 saturated carbocycles. The Morgan fingerprint density at radius 3 is 2.78 bits per heavy atom. The Balaban J connectivity index is 1.40. The molecule has 0 bridgehead atoms. The van der Waals surface area contributed by atoms with Crippen molar-refractivity contribution in [2.45, 2.75) is 37.5 Å². The number of rotatable bonds is 4. The molecule has 2 heterocycles. The molecule has 1 aromatic heterocycles. The van der Waals surface area contributed by atoms with Crippen molar-refractivity contribution >= 4 is 16.8 Å². The summed E-state index contributed by atoms with van der Waals surface area (Å²) in [5.74, 6) is 0.0503. The molecule has 0 spiro atoms. The molecule has 0 unspecified atom stereocenters. The minimum atomic E-state index is -0.613. The lowest BCUT2D eigenvalue weighted by molar-refractivity contribution is -0.137. The average Bonchev–Trinajstić information content (AvgIpc) is 3.21. The van der Waals surface area contributed by atoms with Gasteiger partial charge in [0.15, 0.2) is 0 Å². The number of halogens is 1. The molecule has 0 radical (unpaired) electrons. The van der Waals surface area contributed by atoms with Crippen LogP contribution in [0.1, 0.15) is 36.8 Å². The lowest BCUT2D eigenvalue weighted by Gasteiger charge is -2.35. The highest BCUT2D eigenvalue weighted by molar-refractivity contribution is 5.89. The molecule has 2 fully saturated rings. The number of ether oxygens (including phenoxy) is 1. The van der Waals surface area contributed by atoms with Crippen LogP contribution < -0.4 is 0 Å². The third kappa shape index (κ3) is 4.02. The molecule has 1 aliphatic carbocycles. The van der Waals surface area contributed by atoms with E-state index in [1.54, 1.807) is 12.1 Å². The predicted octanol–water partition coefficient (Wildman–Crippen LogP) is 4.90. The molecule has 4 nitrogen and oxygen atoms in total. The van der Waals surface area contributed by atoms with E-state index in [2.05, 4.69) is 29.2 Å². The van der Waals surface area contributed by atoms with Crippen LogP contribution in [0.3, 0.4) is 0 Å². The maximum Gasteiger partial charge on any atom is 0.233 e. The van der Waals surface area contributed by atoms with Gasteiger partial charge in [-0.15, -0.1) is 0 Å². The highest BCUT2D eigenvalue weighted by Gasteiger charge is 2.45. The molecule has 1 saturated heterocycles. The zero-order chi connectivity index (χ0) is 22.0. The summed E-state index contributed by atoms with van der Waals surface area (Å²) in [4.78, 5) is 20.5. The summed E-state index contributed by atoms with van der Waals surface area (Å²) in [6, 6.07) is 16.9. The van der Waals surface area contributed by atoms with Crippen molar-refractivity contribution in [3.05, 3.63) is 77.7 Å². The SMILES string of the molecule is O=C(N1CCOC[C@@H](Cc2cccc3cccnc23)C1)C1(c2cccc(F)c2)CCCC1. The van der Waals surface area contributed by atoms with Gasteiger partial charge in [-0.1, -0.05) is 49.2 Å². The molecule has 2 aliphatic rings. The summed E-state index contributed by atoms with van der Waals surface area (Å²) in [5.41, 5.74) is 2.41. The molecule has 5 heteroatoms. The van der Waals surface area contributed by atoms with Crippen molar-refractivity contribution in [2.24, 2.45) is 5.92 Å². The Kier molecular flexibility index (Phi) is 5.92. The van der Waals surface area contributed by atoms with Gasteiger partial charge in [0.2, 0.25) is 5.91 Å². The van der Waals surface area contributed by atoms with E-state index in [0.717, 1.165) is 48.6 Å². The first-order valence-corrected chi connectivity index (χ1v) is 11.6. The number of para-hydroxylation sites is 1. The molecule has 2 aromatic carbocycles. The first-order chi connectivity index (χ1) is 15.7. The van der Waals surface area contributed by atoms with Crippen molar-refractivity contribution < 1.29 is 13.9 Å². The third-order valence-electron chi connectivity index (χ3n) is 7.09. The van der Waals surface area contributed by atoms with E-state index in [0.29, 0.717) is 26.3 Å². The predicted molar refractivity (Wildman–Crippen MR) is 123 cm³/mol. The van der Waals surface area contributed by atoms with Gasteiger partial charge in [-0.05, 0) is 48.6 Å². The van der Waals surface area contributed by atoms with E-state index in [4.69, 9.17) is 4.74 Å². The second kappa shape index (κ2) is 8.99. The van der Waals surface area contributed by atoms with Crippen molar-refractivity contribution in [1.29, 1.82) is 0 Å². The van der Waals surface area contributed by atoms with Gasteiger partial charge in [-0.2, -0.15) is 0 Å². The fourth-order valence-corrected chi connectivity index (χ4v) is 5.52. The molecule has 0 N–H and O–H groups in total. The van der Waals surface area contributed by atoms with Gasteiger partial charge in [0.25, 0.3) is 0 Å². The van der Waals surface area contributed by atoms with Gasteiger partial charge >= 0.3 is 0 Å². The lowest BCUT2D eigenvalue weighted by Crippen LogP contribution is -2.47. The number of aromatic nitrogens is 1. The highest BCUT2D eigenvalue weighted by atomic mass is 19.1. The summed E-state index contributed by atoms with van der Waals surface area (Å²) >= 11 is 0. The van der Waals surface area contributed by atoms with Crippen LogP contribution in [-0.2, 0) is 21.4 Å². The minimum absolute atomic E-state index is 0.132. The van der Waals surface area contributed by atoms with Crippen LogP contribution in [-0.4, -0.2) is 42.1 Å². The summed E-state index contributed by atoms with van der Waals surface area (Å²) in [6.07, 6.45) is 6.20. The van der Waals surface area contributed by atoms with Crippen LogP contribution in [0.5, 0.6) is 0 Å². The number of hydrogen-bond acceptors (Lipinski definition) is 3. The second-order valence-electron chi connectivity index (χ2n) is 9.19. The first kappa shape index (κ1) is 21.1.